The Morgan fingerprint density at radius 1 is 1.33 bits per heavy atom. The fraction of sp³-hybridized carbons (Fsp3) is 0.583. The van der Waals surface area contributed by atoms with E-state index in [2.05, 4.69) is 30.7 Å². The van der Waals surface area contributed by atoms with Gasteiger partial charge in [0, 0.05) is 30.9 Å². The van der Waals surface area contributed by atoms with Crippen molar-refractivity contribution in [2.45, 2.75) is 32.4 Å². The highest BCUT2D eigenvalue weighted by atomic mass is 16.5. The van der Waals surface area contributed by atoms with Crippen molar-refractivity contribution in [1.82, 2.24) is 9.88 Å². The summed E-state index contributed by atoms with van der Waals surface area (Å²) in [7, 11) is 0. The van der Waals surface area contributed by atoms with Gasteiger partial charge >= 0.3 is 0 Å². The normalized spacial score (nSPS) is 18.6. The van der Waals surface area contributed by atoms with Gasteiger partial charge in [0.05, 0.1) is 0 Å². The van der Waals surface area contributed by atoms with Crippen molar-refractivity contribution in [2.24, 2.45) is 0 Å². The molecule has 1 aromatic heterocycles. The lowest BCUT2D eigenvalue weighted by Gasteiger charge is -2.46. The maximum Gasteiger partial charge on any atom is 0.213 e. The summed E-state index contributed by atoms with van der Waals surface area (Å²) in [6.07, 6.45) is 2.06. The molecule has 1 aliphatic rings. The molecule has 0 spiro atoms. The Balaban J connectivity index is 1.82. The van der Waals surface area contributed by atoms with E-state index in [1.807, 2.05) is 18.2 Å². The first-order chi connectivity index (χ1) is 7.05. The molecule has 0 saturated carbocycles. The average Bonchev–Trinajstić information content (AvgIpc) is 2.10. The summed E-state index contributed by atoms with van der Waals surface area (Å²) in [6.45, 7) is 8.68. The number of pyridine rings is 1. The highest BCUT2D eigenvalue weighted by Crippen LogP contribution is 2.23. The molecule has 2 rings (SSSR count). The summed E-state index contributed by atoms with van der Waals surface area (Å²) in [5, 5.41) is 0. The van der Waals surface area contributed by atoms with E-state index in [-0.39, 0.29) is 5.54 Å². The Morgan fingerprint density at radius 2 is 2.07 bits per heavy atom. The Hall–Kier alpha value is -1.09. The standard InChI is InChI=1S/C12H18N2O/c1-12(2,3)14-8-10(9-14)15-11-6-4-5-7-13-11/h4-7,10H,8-9H2,1-3H3. The molecule has 0 atom stereocenters. The lowest BCUT2D eigenvalue weighted by Crippen LogP contribution is -2.60. The van der Waals surface area contributed by atoms with Crippen molar-refractivity contribution in [3.8, 4) is 5.88 Å². The summed E-state index contributed by atoms with van der Waals surface area (Å²) >= 11 is 0. The lowest BCUT2D eigenvalue weighted by molar-refractivity contribution is -0.0368. The van der Waals surface area contributed by atoms with Crippen LogP contribution in [0.4, 0.5) is 0 Å². The zero-order valence-electron chi connectivity index (χ0n) is 9.60. The number of likely N-dealkylation sites (tertiary alicyclic amines) is 1. The van der Waals surface area contributed by atoms with Crippen LogP contribution < -0.4 is 4.74 Å². The van der Waals surface area contributed by atoms with E-state index in [0.29, 0.717) is 6.10 Å². The molecule has 3 heteroatoms. The first-order valence-corrected chi connectivity index (χ1v) is 5.38. The topological polar surface area (TPSA) is 25.4 Å². The third-order valence-electron chi connectivity index (χ3n) is 2.72. The highest BCUT2D eigenvalue weighted by molar-refractivity contribution is 5.10. The van der Waals surface area contributed by atoms with Crippen molar-refractivity contribution in [1.29, 1.82) is 0 Å². The SMILES string of the molecule is CC(C)(C)N1CC(Oc2ccccn2)C1. The molecule has 0 N–H and O–H groups in total. The van der Waals surface area contributed by atoms with Crippen LogP contribution in [0.25, 0.3) is 0 Å². The minimum atomic E-state index is 0.254. The number of hydrogen-bond acceptors (Lipinski definition) is 3. The van der Waals surface area contributed by atoms with Crippen LogP contribution in [-0.2, 0) is 0 Å². The maximum atomic E-state index is 5.72. The van der Waals surface area contributed by atoms with Crippen molar-refractivity contribution < 1.29 is 4.74 Å². The van der Waals surface area contributed by atoms with Gasteiger partial charge in [-0.25, -0.2) is 4.98 Å². The molecule has 1 aromatic rings. The number of ether oxygens (including phenoxy) is 1. The zero-order valence-corrected chi connectivity index (χ0v) is 9.60. The molecule has 3 nitrogen and oxygen atoms in total. The van der Waals surface area contributed by atoms with Crippen LogP contribution >= 0.6 is 0 Å². The predicted octanol–water partition coefficient (Wildman–Crippen LogP) is 1.94. The molecule has 1 saturated heterocycles. The Kier molecular flexibility index (Phi) is 2.65. The summed E-state index contributed by atoms with van der Waals surface area (Å²) in [6, 6.07) is 5.75. The van der Waals surface area contributed by atoms with E-state index in [4.69, 9.17) is 4.74 Å². The first-order valence-electron chi connectivity index (χ1n) is 5.38. The van der Waals surface area contributed by atoms with Crippen LogP contribution in [0.2, 0.25) is 0 Å². The first kappa shape index (κ1) is 10.4. The molecule has 1 fully saturated rings. The van der Waals surface area contributed by atoms with Crippen molar-refractivity contribution >= 4 is 0 Å². The minimum absolute atomic E-state index is 0.254. The van der Waals surface area contributed by atoms with E-state index in [9.17, 15) is 0 Å². The summed E-state index contributed by atoms with van der Waals surface area (Å²) in [4.78, 5) is 6.55. The molecule has 82 valence electrons. The second-order valence-corrected chi connectivity index (χ2v) is 4.98. The summed E-state index contributed by atoms with van der Waals surface area (Å²) in [5.41, 5.74) is 0.254. The largest absolute Gasteiger partial charge is 0.472 e. The number of aromatic nitrogens is 1. The predicted molar refractivity (Wildman–Crippen MR) is 60.0 cm³/mol. The smallest absolute Gasteiger partial charge is 0.213 e. The van der Waals surface area contributed by atoms with Gasteiger partial charge in [0.2, 0.25) is 5.88 Å². The molecule has 1 aliphatic heterocycles. The van der Waals surface area contributed by atoms with Crippen LogP contribution in [0.15, 0.2) is 24.4 Å². The molecule has 0 amide bonds. The number of hydrogen-bond donors (Lipinski definition) is 0. The van der Waals surface area contributed by atoms with Gasteiger partial charge < -0.3 is 4.74 Å². The fourth-order valence-corrected chi connectivity index (χ4v) is 1.65. The molecule has 15 heavy (non-hydrogen) atoms. The summed E-state index contributed by atoms with van der Waals surface area (Å²) < 4.78 is 5.72. The molecule has 0 unspecified atom stereocenters. The van der Waals surface area contributed by atoms with Crippen LogP contribution in [0.1, 0.15) is 20.8 Å². The third kappa shape index (κ3) is 2.48. The Bertz CT molecular complexity index is 312. The van der Waals surface area contributed by atoms with Crippen LogP contribution in [0.3, 0.4) is 0 Å². The van der Waals surface area contributed by atoms with Gasteiger partial charge in [-0.1, -0.05) is 6.07 Å². The van der Waals surface area contributed by atoms with Crippen molar-refractivity contribution in [3.05, 3.63) is 24.4 Å². The van der Waals surface area contributed by atoms with Gasteiger partial charge in [-0.3, -0.25) is 4.90 Å². The second kappa shape index (κ2) is 3.81. The number of nitrogens with zero attached hydrogens (tertiary/aromatic N) is 2. The molecular weight excluding hydrogens is 188 g/mol. The van der Waals surface area contributed by atoms with Gasteiger partial charge in [-0.05, 0) is 26.8 Å². The molecule has 2 heterocycles. The quantitative estimate of drug-likeness (QED) is 0.739. The molecule has 0 radical (unpaired) electrons. The monoisotopic (exact) mass is 206 g/mol. The molecule has 0 aromatic carbocycles. The molecule has 0 aliphatic carbocycles. The summed E-state index contributed by atoms with van der Waals surface area (Å²) in [5.74, 6) is 0.732. The molecular formula is C12H18N2O. The fourth-order valence-electron chi connectivity index (χ4n) is 1.65. The zero-order chi connectivity index (χ0) is 10.9. The van der Waals surface area contributed by atoms with Crippen molar-refractivity contribution in [3.63, 3.8) is 0 Å². The van der Waals surface area contributed by atoms with E-state index in [1.54, 1.807) is 6.20 Å². The highest BCUT2D eigenvalue weighted by Gasteiger charge is 2.35. The van der Waals surface area contributed by atoms with Gasteiger partial charge in [0.25, 0.3) is 0 Å². The van der Waals surface area contributed by atoms with Gasteiger partial charge in [-0.2, -0.15) is 0 Å². The van der Waals surface area contributed by atoms with E-state index >= 15 is 0 Å². The Morgan fingerprint density at radius 3 is 2.60 bits per heavy atom. The minimum Gasteiger partial charge on any atom is -0.472 e. The average molecular weight is 206 g/mol. The van der Waals surface area contributed by atoms with Gasteiger partial charge in [0.1, 0.15) is 6.10 Å². The lowest BCUT2D eigenvalue weighted by atomic mass is 9.99. The molecule has 0 bridgehead atoms. The third-order valence-corrected chi connectivity index (χ3v) is 2.72. The van der Waals surface area contributed by atoms with Crippen LogP contribution in [0, 0.1) is 0 Å². The van der Waals surface area contributed by atoms with Crippen LogP contribution in [-0.4, -0.2) is 34.6 Å². The van der Waals surface area contributed by atoms with E-state index in [1.165, 1.54) is 0 Å². The second-order valence-electron chi connectivity index (χ2n) is 4.98. The van der Waals surface area contributed by atoms with Gasteiger partial charge in [0.15, 0.2) is 0 Å². The Labute approximate surface area is 91.1 Å². The van der Waals surface area contributed by atoms with E-state index in [0.717, 1.165) is 19.0 Å². The van der Waals surface area contributed by atoms with E-state index < -0.39 is 0 Å². The van der Waals surface area contributed by atoms with Crippen LogP contribution in [0.5, 0.6) is 5.88 Å². The maximum absolute atomic E-state index is 5.72. The number of rotatable bonds is 2. The van der Waals surface area contributed by atoms with Gasteiger partial charge in [-0.15, -0.1) is 0 Å². The van der Waals surface area contributed by atoms with Crippen molar-refractivity contribution in [2.75, 3.05) is 13.1 Å².